The van der Waals surface area contributed by atoms with Crippen molar-refractivity contribution in [1.29, 1.82) is 0 Å². The van der Waals surface area contributed by atoms with Gasteiger partial charge in [-0.3, -0.25) is 0 Å². The van der Waals surface area contributed by atoms with Gasteiger partial charge in [0.15, 0.2) is 0 Å². The van der Waals surface area contributed by atoms with Gasteiger partial charge in [0, 0.05) is 29.6 Å². The predicted molar refractivity (Wildman–Crippen MR) is 104 cm³/mol. The number of phenols is 1. The van der Waals surface area contributed by atoms with Gasteiger partial charge in [0.05, 0.1) is 5.52 Å². The number of benzene rings is 2. The topological polar surface area (TPSA) is 36.4 Å². The molecule has 2 aromatic carbocycles. The number of nitrogens with zero attached hydrogens (tertiary/aromatic N) is 2. The number of phenolic OH excluding ortho intramolecular Hbond substituents is 1. The highest BCUT2D eigenvalue weighted by molar-refractivity contribution is 6.30. The van der Waals surface area contributed by atoms with Crippen LogP contribution in [0.25, 0.3) is 10.9 Å². The summed E-state index contributed by atoms with van der Waals surface area (Å²) in [5, 5.41) is 11.5. The molecule has 1 saturated heterocycles. The van der Waals surface area contributed by atoms with Crippen molar-refractivity contribution in [2.24, 2.45) is 5.92 Å². The summed E-state index contributed by atoms with van der Waals surface area (Å²) in [4.78, 5) is 7.07. The zero-order chi connectivity index (χ0) is 17.2. The summed E-state index contributed by atoms with van der Waals surface area (Å²) in [6, 6.07) is 17.7. The maximum Gasteiger partial charge on any atom is 0.129 e. The molecule has 3 nitrogen and oxygen atoms in total. The number of fused-ring (bicyclic) bond motifs is 1. The van der Waals surface area contributed by atoms with Crippen LogP contribution in [-0.2, 0) is 6.42 Å². The van der Waals surface area contributed by atoms with E-state index >= 15 is 0 Å². The Hall–Kier alpha value is -2.26. The molecule has 3 aromatic rings. The second-order valence-electron chi connectivity index (χ2n) is 6.81. The van der Waals surface area contributed by atoms with E-state index in [1.807, 2.05) is 18.2 Å². The second-order valence-corrected chi connectivity index (χ2v) is 7.25. The van der Waals surface area contributed by atoms with Gasteiger partial charge in [-0.2, -0.15) is 0 Å². The van der Waals surface area contributed by atoms with Crippen LogP contribution in [0.15, 0.2) is 54.6 Å². The van der Waals surface area contributed by atoms with Crippen LogP contribution in [0.5, 0.6) is 5.75 Å². The van der Waals surface area contributed by atoms with E-state index in [0.29, 0.717) is 5.92 Å². The van der Waals surface area contributed by atoms with Crippen molar-refractivity contribution in [3.05, 3.63) is 65.2 Å². The van der Waals surface area contributed by atoms with Gasteiger partial charge in [0.2, 0.25) is 0 Å². The van der Waals surface area contributed by atoms with Crippen molar-refractivity contribution >= 4 is 28.3 Å². The first kappa shape index (κ1) is 16.2. The summed E-state index contributed by atoms with van der Waals surface area (Å²) < 4.78 is 0. The van der Waals surface area contributed by atoms with Gasteiger partial charge < -0.3 is 10.0 Å². The minimum absolute atomic E-state index is 0.261. The molecule has 1 N–H and O–H groups in total. The molecule has 4 rings (SSSR count). The van der Waals surface area contributed by atoms with E-state index in [0.717, 1.165) is 54.1 Å². The lowest BCUT2D eigenvalue weighted by atomic mass is 9.90. The molecule has 0 atom stereocenters. The zero-order valence-corrected chi connectivity index (χ0v) is 14.8. The van der Waals surface area contributed by atoms with Gasteiger partial charge in [0.1, 0.15) is 11.6 Å². The summed E-state index contributed by atoms with van der Waals surface area (Å²) in [5.74, 6) is 1.95. The Balaban J connectivity index is 1.43. The van der Waals surface area contributed by atoms with Gasteiger partial charge in [-0.15, -0.1) is 0 Å². The van der Waals surface area contributed by atoms with E-state index in [9.17, 15) is 5.11 Å². The van der Waals surface area contributed by atoms with E-state index in [2.05, 4.69) is 29.2 Å². The highest BCUT2D eigenvalue weighted by Crippen LogP contribution is 2.27. The van der Waals surface area contributed by atoms with Gasteiger partial charge in [-0.25, -0.2) is 4.98 Å². The molecule has 2 heterocycles. The molecule has 0 bridgehead atoms. The summed E-state index contributed by atoms with van der Waals surface area (Å²) in [5.41, 5.74) is 2.17. The van der Waals surface area contributed by atoms with Gasteiger partial charge in [-0.1, -0.05) is 23.7 Å². The highest BCUT2D eigenvalue weighted by Gasteiger charge is 2.20. The minimum atomic E-state index is 0.261. The van der Waals surface area contributed by atoms with Crippen molar-refractivity contribution in [3.63, 3.8) is 0 Å². The third kappa shape index (κ3) is 3.72. The Morgan fingerprint density at radius 2 is 1.84 bits per heavy atom. The lowest BCUT2D eigenvalue weighted by Crippen LogP contribution is -2.34. The standard InChI is InChI=1S/C21H21ClN2O/c22-18-3-1-2-16(13-18)12-15-8-10-24(11-9-15)21-7-5-17-4-6-19(25)14-20(17)23-21/h1-7,13-15,25H,8-12H2. The molecule has 128 valence electrons. The number of piperidine rings is 1. The number of hydrogen-bond donors (Lipinski definition) is 1. The van der Waals surface area contributed by atoms with E-state index in [1.54, 1.807) is 12.1 Å². The summed E-state index contributed by atoms with van der Waals surface area (Å²) in [6.45, 7) is 2.03. The molecule has 1 aliphatic heterocycles. The van der Waals surface area contributed by atoms with Crippen molar-refractivity contribution in [2.75, 3.05) is 18.0 Å². The number of pyridine rings is 1. The minimum Gasteiger partial charge on any atom is -0.508 e. The summed E-state index contributed by atoms with van der Waals surface area (Å²) in [6.07, 6.45) is 3.41. The number of anilines is 1. The molecule has 0 spiro atoms. The molecule has 0 unspecified atom stereocenters. The molecule has 1 aliphatic rings. The quantitative estimate of drug-likeness (QED) is 0.716. The first-order valence-electron chi connectivity index (χ1n) is 8.76. The van der Waals surface area contributed by atoms with Crippen LogP contribution in [0.4, 0.5) is 5.82 Å². The summed E-state index contributed by atoms with van der Waals surface area (Å²) in [7, 11) is 0. The maximum absolute atomic E-state index is 9.66. The SMILES string of the molecule is Oc1ccc2ccc(N3CCC(Cc4cccc(Cl)c4)CC3)nc2c1. The van der Waals surface area contributed by atoms with E-state index < -0.39 is 0 Å². The number of aromatic hydroxyl groups is 1. The molecule has 0 saturated carbocycles. The third-order valence-corrected chi connectivity index (χ3v) is 5.25. The second kappa shape index (κ2) is 6.93. The smallest absolute Gasteiger partial charge is 0.129 e. The van der Waals surface area contributed by atoms with Gasteiger partial charge >= 0.3 is 0 Å². The van der Waals surface area contributed by atoms with Crippen LogP contribution in [-0.4, -0.2) is 23.2 Å². The number of aromatic nitrogens is 1. The molecule has 0 aliphatic carbocycles. The van der Waals surface area contributed by atoms with Gasteiger partial charge in [0.25, 0.3) is 0 Å². The molecule has 0 radical (unpaired) electrons. The van der Waals surface area contributed by atoms with Crippen LogP contribution >= 0.6 is 11.6 Å². The highest BCUT2D eigenvalue weighted by atomic mass is 35.5. The number of halogens is 1. The average molecular weight is 353 g/mol. The van der Waals surface area contributed by atoms with Crippen LogP contribution < -0.4 is 4.90 Å². The Morgan fingerprint density at radius 3 is 2.64 bits per heavy atom. The Kier molecular flexibility index (Phi) is 4.50. The molecule has 4 heteroatoms. The monoisotopic (exact) mass is 352 g/mol. The van der Waals surface area contributed by atoms with E-state index in [-0.39, 0.29) is 5.75 Å². The molecule has 25 heavy (non-hydrogen) atoms. The van der Waals surface area contributed by atoms with Gasteiger partial charge in [-0.05, 0) is 67.1 Å². The fraction of sp³-hybridized carbons (Fsp3) is 0.286. The third-order valence-electron chi connectivity index (χ3n) is 5.01. The fourth-order valence-electron chi connectivity index (χ4n) is 3.63. The number of rotatable bonds is 3. The van der Waals surface area contributed by atoms with Crippen molar-refractivity contribution < 1.29 is 5.11 Å². The average Bonchev–Trinajstić information content (AvgIpc) is 2.62. The normalized spacial score (nSPS) is 15.6. The fourth-order valence-corrected chi connectivity index (χ4v) is 3.85. The van der Waals surface area contributed by atoms with Crippen LogP contribution in [0.3, 0.4) is 0 Å². The summed E-state index contributed by atoms with van der Waals surface area (Å²) >= 11 is 6.09. The van der Waals surface area contributed by atoms with E-state index in [4.69, 9.17) is 16.6 Å². The van der Waals surface area contributed by atoms with E-state index in [1.165, 1.54) is 5.56 Å². The first-order chi connectivity index (χ1) is 12.2. The Morgan fingerprint density at radius 1 is 1.04 bits per heavy atom. The van der Waals surface area contributed by atoms with Crippen molar-refractivity contribution in [2.45, 2.75) is 19.3 Å². The van der Waals surface area contributed by atoms with Crippen LogP contribution in [0.1, 0.15) is 18.4 Å². The van der Waals surface area contributed by atoms with Crippen molar-refractivity contribution in [3.8, 4) is 5.75 Å². The molecular weight excluding hydrogens is 332 g/mol. The van der Waals surface area contributed by atoms with Crippen molar-refractivity contribution in [1.82, 2.24) is 4.98 Å². The first-order valence-corrected chi connectivity index (χ1v) is 9.14. The Bertz CT molecular complexity index is 888. The zero-order valence-electron chi connectivity index (χ0n) is 14.0. The molecule has 1 fully saturated rings. The lowest BCUT2D eigenvalue weighted by Gasteiger charge is -2.33. The molecule has 0 amide bonds. The molecule has 1 aromatic heterocycles. The molecular formula is C21H21ClN2O. The lowest BCUT2D eigenvalue weighted by molar-refractivity contribution is 0.402. The van der Waals surface area contributed by atoms with Crippen LogP contribution in [0.2, 0.25) is 5.02 Å². The van der Waals surface area contributed by atoms with Crippen LogP contribution in [0, 0.1) is 5.92 Å². The largest absolute Gasteiger partial charge is 0.508 e. The Labute approximate surface area is 152 Å². The predicted octanol–water partition coefficient (Wildman–Crippen LogP) is 5.05. The maximum atomic E-state index is 9.66. The number of hydrogen-bond acceptors (Lipinski definition) is 3.